The van der Waals surface area contributed by atoms with Gasteiger partial charge in [-0.25, -0.2) is 8.78 Å². The number of likely N-dealkylation sites (tertiary alicyclic amines) is 1. The predicted molar refractivity (Wildman–Crippen MR) is 82.3 cm³/mol. The van der Waals surface area contributed by atoms with Gasteiger partial charge in [0.2, 0.25) is 0 Å². The van der Waals surface area contributed by atoms with Crippen molar-refractivity contribution in [3.8, 4) is 0 Å². The third kappa shape index (κ3) is 4.48. The number of nitrogens with zero attached hydrogens (tertiary/aromatic N) is 1. The molecule has 1 aliphatic rings. The van der Waals surface area contributed by atoms with Crippen LogP contribution in [0.15, 0.2) is 18.2 Å². The van der Waals surface area contributed by atoms with Crippen molar-refractivity contribution in [1.29, 1.82) is 0 Å². The first-order valence-electron chi connectivity index (χ1n) is 8.04. The van der Waals surface area contributed by atoms with E-state index in [2.05, 4.69) is 17.1 Å². The lowest BCUT2D eigenvalue weighted by molar-refractivity contribution is 0.281. The van der Waals surface area contributed by atoms with Gasteiger partial charge in [0.05, 0.1) is 0 Å². The molecule has 0 aromatic heterocycles. The molecule has 0 spiro atoms. The number of rotatable bonds is 5. The van der Waals surface area contributed by atoms with Crippen molar-refractivity contribution < 1.29 is 8.78 Å². The Morgan fingerprint density at radius 2 is 1.95 bits per heavy atom. The van der Waals surface area contributed by atoms with Crippen molar-refractivity contribution in [2.75, 3.05) is 19.6 Å². The Labute approximate surface area is 126 Å². The van der Waals surface area contributed by atoms with Crippen LogP contribution < -0.4 is 5.32 Å². The summed E-state index contributed by atoms with van der Waals surface area (Å²) in [7, 11) is 0. The molecule has 1 aromatic rings. The lowest BCUT2D eigenvalue weighted by Gasteiger charge is -2.23. The lowest BCUT2D eigenvalue weighted by Crippen LogP contribution is -2.33. The van der Waals surface area contributed by atoms with Gasteiger partial charge in [-0.3, -0.25) is 0 Å². The Kier molecular flexibility index (Phi) is 6.12. The number of hydrogen-bond donors (Lipinski definition) is 1. The summed E-state index contributed by atoms with van der Waals surface area (Å²) in [5.74, 6) is -0.924. The van der Waals surface area contributed by atoms with E-state index in [9.17, 15) is 8.78 Å². The van der Waals surface area contributed by atoms with E-state index in [0.717, 1.165) is 38.9 Å². The second kappa shape index (κ2) is 7.85. The molecule has 1 fully saturated rings. The molecular weight excluding hydrogens is 270 g/mol. The number of hydrogen-bond acceptors (Lipinski definition) is 2. The summed E-state index contributed by atoms with van der Waals surface area (Å²) in [4.78, 5) is 2.48. The standard InChI is InChI=1S/C17H26F2N2/c1-3-10-21-11-5-6-14(9-12-21)20-13(2)17-15(18)7-4-8-16(17)19/h4,7-8,13-14,20H,3,5-6,9-12H2,1-2H3. The van der Waals surface area contributed by atoms with Gasteiger partial charge in [0.1, 0.15) is 11.6 Å². The quantitative estimate of drug-likeness (QED) is 0.887. The Bertz CT molecular complexity index is 430. The topological polar surface area (TPSA) is 15.3 Å². The molecule has 118 valence electrons. The van der Waals surface area contributed by atoms with Crippen LogP contribution in [-0.4, -0.2) is 30.6 Å². The minimum atomic E-state index is -0.462. The lowest BCUT2D eigenvalue weighted by atomic mass is 10.0. The molecule has 1 N–H and O–H groups in total. The molecule has 2 rings (SSSR count). The molecule has 1 saturated heterocycles. The summed E-state index contributed by atoms with van der Waals surface area (Å²) < 4.78 is 27.6. The molecule has 1 aromatic carbocycles. The Morgan fingerprint density at radius 3 is 2.62 bits per heavy atom. The maximum absolute atomic E-state index is 13.8. The van der Waals surface area contributed by atoms with Crippen LogP contribution in [0, 0.1) is 11.6 Å². The molecule has 0 bridgehead atoms. The van der Waals surface area contributed by atoms with E-state index in [1.165, 1.54) is 24.6 Å². The van der Waals surface area contributed by atoms with Crippen LogP contribution in [0.4, 0.5) is 8.78 Å². The molecule has 2 atom stereocenters. The summed E-state index contributed by atoms with van der Waals surface area (Å²) >= 11 is 0. The molecule has 1 heterocycles. The average molecular weight is 296 g/mol. The number of benzene rings is 1. The highest BCUT2D eigenvalue weighted by molar-refractivity contribution is 5.22. The summed E-state index contributed by atoms with van der Waals surface area (Å²) in [5, 5.41) is 3.41. The van der Waals surface area contributed by atoms with Crippen LogP contribution in [0.3, 0.4) is 0 Å². The highest BCUT2D eigenvalue weighted by atomic mass is 19.1. The van der Waals surface area contributed by atoms with Gasteiger partial charge in [-0.15, -0.1) is 0 Å². The van der Waals surface area contributed by atoms with Gasteiger partial charge in [-0.1, -0.05) is 13.0 Å². The molecule has 4 heteroatoms. The van der Waals surface area contributed by atoms with E-state index >= 15 is 0 Å². The molecule has 21 heavy (non-hydrogen) atoms. The van der Waals surface area contributed by atoms with E-state index < -0.39 is 11.6 Å². The summed E-state index contributed by atoms with van der Waals surface area (Å²) in [6.45, 7) is 7.39. The number of halogens is 2. The molecular formula is C17H26F2N2. The van der Waals surface area contributed by atoms with Crippen LogP contribution >= 0.6 is 0 Å². The van der Waals surface area contributed by atoms with E-state index in [1.54, 1.807) is 0 Å². The van der Waals surface area contributed by atoms with Crippen molar-refractivity contribution >= 4 is 0 Å². The Hall–Kier alpha value is -1.00. The fourth-order valence-electron chi connectivity index (χ4n) is 3.22. The highest BCUT2D eigenvalue weighted by Crippen LogP contribution is 2.22. The maximum Gasteiger partial charge on any atom is 0.130 e. The zero-order valence-electron chi connectivity index (χ0n) is 13.0. The highest BCUT2D eigenvalue weighted by Gasteiger charge is 2.21. The van der Waals surface area contributed by atoms with Crippen molar-refractivity contribution in [3.05, 3.63) is 35.4 Å². The minimum absolute atomic E-state index is 0.159. The summed E-state index contributed by atoms with van der Waals surface area (Å²) in [5.41, 5.74) is 0.159. The third-order valence-electron chi connectivity index (χ3n) is 4.28. The Morgan fingerprint density at radius 1 is 1.24 bits per heavy atom. The summed E-state index contributed by atoms with van der Waals surface area (Å²) in [6.07, 6.45) is 4.43. The number of nitrogens with one attached hydrogen (secondary N) is 1. The van der Waals surface area contributed by atoms with Gasteiger partial charge in [0.25, 0.3) is 0 Å². The van der Waals surface area contributed by atoms with E-state index in [-0.39, 0.29) is 11.6 Å². The monoisotopic (exact) mass is 296 g/mol. The summed E-state index contributed by atoms with van der Waals surface area (Å²) in [6, 6.07) is 4.10. The third-order valence-corrected chi connectivity index (χ3v) is 4.28. The fraction of sp³-hybridized carbons (Fsp3) is 0.647. The molecule has 0 amide bonds. The molecule has 0 radical (unpaired) electrons. The smallest absolute Gasteiger partial charge is 0.130 e. The van der Waals surface area contributed by atoms with E-state index in [4.69, 9.17) is 0 Å². The first kappa shape index (κ1) is 16.4. The fourth-order valence-corrected chi connectivity index (χ4v) is 3.22. The van der Waals surface area contributed by atoms with Crippen molar-refractivity contribution in [2.24, 2.45) is 0 Å². The predicted octanol–water partition coefficient (Wildman–Crippen LogP) is 3.88. The zero-order valence-corrected chi connectivity index (χ0v) is 13.0. The SMILES string of the molecule is CCCN1CCCC(NC(C)c2c(F)cccc2F)CC1. The normalized spacial score (nSPS) is 22.0. The van der Waals surface area contributed by atoms with Gasteiger partial charge in [0, 0.05) is 17.6 Å². The average Bonchev–Trinajstić information content (AvgIpc) is 2.65. The van der Waals surface area contributed by atoms with Crippen molar-refractivity contribution in [2.45, 2.75) is 51.6 Å². The second-order valence-electron chi connectivity index (χ2n) is 5.99. The zero-order chi connectivity index (χ0) is 15.2. The maximum atomic E-state index is 13.8. The molecule has 0 aliphatic carbocycles. The molecule has 1 aliphatic heterocycles. The van der Waals surface area contributed by atoms with Gasteiger partial charge >= 0.3 is 0 Å². The first-order chi connectivity index (χ1) is 10.1. The van der Waals surface area contributed by atoms with Gasteiger partial charge < -0.3 is 10.2 Å². The second-order valence-corrected chi connectivity index (χ2v) is 5.99. The van der Waals surface area contributed by atoms with E-state index in [0.29, 0.717) is 6.04 Å². The molecule has 0 saturated carbocycles. The first-order valence-corrected chi connectivity index (χ1v) is 8.04. The largest absolute Gasteiger partial charge is 0.307 e. The van der Waals surface area contributed by atoms with Crippen LogP contribution in [0.2, 0.25) is 0 Å². The van der Waals surface area contributed by atoms with Crippen LogP contribution in [0.1, 0.15) is 51.1 Å². The minimum Gasteiger partial charge on any atom is -0.307 e. The molecule has 2 nitrogen and oxygen atoms in total. The van der Waals surface area contributed by atoms with Gasteiger partial charge in [-0.05, 0) is 64.4 Å². The van der Waals surface area contributed by atoms with Crippen LogP contribution in [-0.2, 0) is 0 Å². The van der Waals surface area contributed by atoms with Crippen LogP contribution in [0.5, 0.6) is 0 Å². The van der Waals surface area contributed by atoms with Gasteiger partial charge in [0.15, 0.2) is 0 Å². The molecule has 2 unspecified atom stereocenters. The Balaban J connectivity index is 1.95. The van der Waals surface area contributed by atoms with E-state index in [1.807, 2.05) is 6.92 Å². The van der Waals surface area contributed by atoms with Crippen molar-refractivity contribution in [1.82, 2.24) is 10.2 Å². The van der Waals surface area contributed by atoms with Gasteiger partial charge in [-0.2, -0.15) is 0 Å². The van der Waals surface area contributed by atoms with Crippen LogP contribution in [0.25, 0.3) is 0 Å². The van der Waals surface area contributed by atoms with Crippen molar-refractivity contribution in [3.63, 3.8) is 0 Å².